The maximum absolute atomic E-state index is 13.0. The van der Waals surface area contributed by atoms with Crippen molar-refractivity contribution in [2.75, 3.05) is 19.6 Å². The molecule has 6 nitrogen and oxygen atoms in total. The van der Waals surface area contributed by atoms with Crippen LogP contribution >= 0.6 is 24.0 Å². The van der Waals surface area contributed by atoms with Crippen LogP contribution in [0.5, 0.6) is 0 Å². The highest BCUT2D eigenvalue weighted by Crippen LogP contribution is 2.32. The summed E-state index contributed by atoms with van der Waals surface area (Å²) in [6.45, 7) is 1.20. The van der Waals surface area contributed by atoms with Gasteiger partial charge in [-0.15, -0.1) is 0 Å². The zero-order valence-electron chi connectivity index (χ0n) is 15.1. The molecule has 0 radical (unpaired) electrons. The number of nitrogens with two attached hydrogens (primary N) is 1. The van der Waals surface area contributed by atoms with Gasteiger partial charge >= 0.3 is 0 Å². The molecule has 9 heteroatoms. The van der Waals surface area contributed by atoms with Crippen molar-refractivity contribution in [2.24, 2.45) is 11.7 Å². The molecule has 0 saturated carbocycles. The molecule has 1 aromatic carbocycles. The zero-order valence-corrected chi connectivity index (χ0v) is 16.7. The first-order valence-corrected chi connectivity index (χ1v) is 10.2. The van der Waals surface area contributed by atoms with Gasteiger partial charge in [-0.3, -0.25) is 19.3 Å². The Kier molecular flexibility index (Phi) is 6.46. The largest absolute Gasteiger partial charge is 0.369 e. The summed E-state index contributed by atoms with van der Waals surface area (Å²) >= 11 is 6.45. The van der Waals surface area contributed by atoms with Crippen molar-refractivity contribution in [1.82, 2.24) is 9.80 Å². The number of thioether (sulfide) groups is 1. The fraction of sp³-hybridized carbons (Fsp3) is 0.368. The lowest BCUT2D eigenvalue weighted by Gasteiger charge is -2.31. The van der Waals surface area contributed by atoms with Crippen molar-refractivity contribution in [3.8, 4) is 0 Å². The smallest absolute Gasteiger partial charge is 0.266 e. The van der Waals surface area contributed by atoms with Gasteiger partial charge in [0, 0.05) is 32.0 Å². The minimum Gasteiger partial charge on any atom is -0.369 e. The number of nitrogens with zero attached hydrogens (tertiary/aromatic N) is 2. The second-order valence-corrected chi connectivity index (χ2v) is 8.37. The highest BCUT2D eigenvalue weighted by Gasteiger charge is 2.33. The first-order valence-electron chi connectivity index (χ1n) is 8.93. The monoisotopic (exact) mass is 421 g/mol. The highest BCUT2D eigenvalue weighted by molar-refractivity contribution is 8.26. The summed E-state index contributed by atoms with van der Waals surface area (Å²) in [4.78, 5) is 39.8. The Hall–Kier alpha value is -2.26. The molecule has 2 N–H and O–H groups in total. The van der Waals surface area contributed by atoms with Gasteiger partial charge in [0.1, 0.15) is 10.1 Å². The zero-order chi connectivity index (χ0) is 20.3. The number of rotatable bonds is 5. The molecule has 2 aliphatic heterocycles. The van der Waals surface area contributed by atoms with E-state index < -0.39 is 0 Å². The molecule has 2 heterocycles. The van der Waals surface area contributed by atoms with E-state index in [0.717, 1.165) is 0 Å². The van der Waals surface area contributed by atoms with Gasteiger partial charge in [-0.05, 0) is 36.6 Å². The van der Waals surface area contributed by atoms with E-state index in [1.54, 1.807) is 23.1 Å². The summed E-state index contributed by atoms with van der Waals surface area (Å²) in [7, 11) is 0. The lowest BCUT2D eigenvalue weighted by molar-refractivity contribution is -0.135. The molecular weight excluding hydrogens is 401 g/mol. The van der Waals surface area contributed by atoms with Crippen LogP contribution in [-0.4, -0.2) is 51.5 Å². The van der Waals surface area contributed by atoms with Crippen molar-refractivity contribution in [1.29, 1.82) is 0 Å². The Balaban J connectivity index is 1.55. The van der Waals surface area contributed by atoms with Gasteiger partial charge in [-0.2, -0.15) is 0 Å². The molecule has 0 aromatic heterocycles. The van der Waals surface area contributed by atoms with Crippen molar-refractivity contribution in [3.05, 3.63) is 40.6 Å². The molecule has 0 bridgehead atoms. The molecule has 0 aliphatic carbocycles. The SMILES string of the molecule is NC(=O)C1CCN(C(=O)CCN2C(=O)/C(=C\c3ccc(F)cc3)SC2=S)CC1. The third kappa shape index (κ3) is 4.77. The number of primary amides is 1. The van der Waals surface area contributed by atoms with E-state index in [2.05, 4.69) is 0 Å². The molecule has 3 amide bonds. The van der Waals surface area contributed by atoms with Crippen molar-refractivity contribution >= 4 is 52.1 Å². The van der Waals surface area contributed by atoms with Crippen LogP contribution in [0.1, 0.15) is 24.8 Å². The van der Waals surface area contributed by atoms with E-state index in [-0.39, 0.29) is 42.4 Å². The molecule has 0 spiro atoms. The maximum Gasteiger partial charge on any atom is 0.266 e. The van der Waals surface area contributed by atoms with Crippen LogP contribution < -0.4 is 5.73 Å². The van der Waals surface area contributed by atoms with Gasteiger partial charge in [-0.25, -0.2) is 4.39 Å². The number of carbonyl (C=O) groups excluding carboxylic acids is 3. The van der Waals surface area contributed by atoms with Gasteiger partial charge in [-0.1, -0.05) is 36.1 Å². The molecule has 28 heavy (non-hydrogen) atoms. The molecule has 2 saturated heterocycles. The van der Waals surface area contributed by atoms with Crippen molar-refractivity contribution in [3.63, 3.8) is 0 Å². The topological polar surface area (TPSA) is 83.7 Å². The first-order chi connectivity index (χ1) is 13.3. The Labute approximate surface area is 171 Å². The van der Waals surface area contributed by atoms with E-state index >= 15 is 0 Å². The molecule has 2 aliphatic rings. The second kappa shape index (κ2) is 8.83. The molecule has 3 rings (SSSR count). The minimum atomic E-state index is -0.344. The van der Waals surface area contributed by atoms with Gasteiger partial charge in [0.15, 0.2) is 0 Å². The lowest BCUT2D eigenvalue weighted by atomic mass is 9.96. The Morgan fingerprint density at radius 2 is 1.89 bits per heavy atom. The molecule has 148 valence electrons. The maximum atomic E-state index is 13.0. The number of carbonyl (C=O) groups is 3. The van der Waals surface area contributed by atoms with Crippen molar-refractivity contribution in [2.45, 2.75) is 19.3 Å². The van der Waals surface area contributed by atoms with Crippen LogP contribution in [0.3, 0.4) is 0 Å². The van der Waals surface area contributed by atoms with Gasteiger partial charge in [0.2, 0.25) is 11.8 Å². The predicted molar refractivity (Wildman–Crippen MR) is 109 cm³/mol. The van der Waals surface area contributed by atoms with E-state index in [4.69, 9.17) is 18.0 Å². The molecular formula is C19H20FN3O3S2. The fourth-order valence-corrected chi connectivity index (χ4v) is 4.49. The summed E-state index contributed by atoms with van der Waals surface area (Å²) in [5.41, 5.74) is 6.01. The Morgan fingerprint density at radius 1 is 1.25 bits per heavy atom. The average molecular weight is 422 g/mol. The van der Waals surface area contributed by atoms with E-state index in [9.17, 15) is 18.8 Å². The predicted octanol–water partition coefficient (Wildman–Crippen LogP) is 2.14. The van der Waals surface area contributed by atoms with Crippen LogP contribution in [0, 0.1) is 11.7 Å². The van der Waals surface area contributed by atoms with Gasteiger partial charge in [0.05, 0.1) is 4.91 Å². The number of benzene rings is 1. The first kappa shape index (κ1) is 20.5. The van der Waals surface area contributed by atoms with Crippen LogP contribution in [-0.2, 0) is 14.4 Å². The van der Waals surface area contributed by atoms with Crippen LogP contribution in [0.2, 0.25) is 0 Å². The number of amides is 3. The number of hydrogen-bond acceptors (Lipinski definition) is 5. The molecule has 0 unspecified atom stereocenters. The number of thiocarbonyl (C=S) groups is 1. The lowest BCUT2D eigenvalue weighted by Crippen LogP contribution is -2.43. The second-order valence-electron chi connectivity index (χ2n) is 6.69. The van der Waals surface area contributed by atoms with Gasteiger partial charge in [0.25, 0.3) is 5.91 Å². The number of halogens is 1. The minimum absolute atomic E-state index is 0.0699. The van der Waals surface area contributed by atoms with Crippen molar-refractivity contribution < 1.29 is 18.8 Å². The molecule has 1 aromatic rings. The summed E-state index contributed by atoms with van der Waals surface area (Å²) < 4.78 is 13.4. The molecule has 0 atom stereocenters. The van der Waals surface area contributed by atoms with Crippen LogP contribution in [0.25, 0.3) is 6.08 Å². The average Bonchev–Trinajstić information content (AvgIpc) is 2.94. The molecule has 2 fully saturated rings. The third-order valence-electron chi connectivity index (χ3n) is 4.84. The van der Waals surface area contributed by atoms with Crippen LogP contribution in [0.15, 0.2) is 29.2 Å². The number of hydrogen-bond donors (Lipinski definition) is 1. The number of likely N-dealkylation sites (tertiary alicyclic amines) is 1. The fourth-order valence-electron chi connectivity index (χ4n) is 3.18. The summed E-state index contributed by atoms with van der Waals surface area (Å²) in [6.07, 6.45) is 2.97. The quantitative estimate of drug-likeness (QED) is 0.582. The summed E-state index contributed by atoms with van der Waals surface area (Å²) in [6, 6.07) is 5.82. The van der Waals surface area contributed by atoms with Crippen LogP contribution in [0.4, 0.5) is 4.39 Å². The standard InChI is InChI=1S/C19H20FN3O3S2/c20-14-3-1-12(2-4-14)11-15-18(26)23(19(27)28-15)10-7-16(24)22-8-5-13(6-9-22)17(21)25/h1-4,11,13H,5-10H2,(H2,21,25)/b15-11+. The highest BCUT2D eigenvalue weighted by atomic mass is 32.2. The Bertz CT molecular complexity index is 833. The Morgan fingerprint density at radius 3 is 2.50 bits per heavy atom. The summed E-state index contributed by atoms with van der Waals surface area (Å²) in [5.74, 6) is -1.16. The van der Waals surface area contributed by atoms with Gasteiger partial charge < -0.3 is 10.6 Å². The number of piperidine rings is 1. The summed E-state index contributed by atoms with van der Waals surface area (Å²) in [5, 5.41) is 0. The van der Waals surface area contributed by atoms with E-state index in [1.165, 1.54) is 28.8 Å². The van der Waals surface area contributed by atoms with E-state index in [0.29, 0.717) is 40.7 Å². The normalized spacial score (nSPS) is 19.5. The third-order valence-corrected chi connectivity index (χ3v) is 6.22. The van der Waals surface area contributed by atoms with E-state index in [1.807, 2.05) is 0 Å².